The molecule has 0 aliphatic heterocycles. The Labute approximate surface area is 154 Å². The number of hydrogen-bond donors (Lipinski definition) is 1. The molecule has 0 aromatic heterocycles. The molecule has 0 bridgehead atoms. The van der Waals surface area contributed by atoms with E-state index in [1.807, 2.05) is 30.3 Å². The van der Waals surface area contributed by atoms with Crippen LogP contribution in [0.3, 0.4) is 0 Å². The fourth-order valence-corrected chi connectivity index (χ4v) is 3.85. The molecule has 1 N–H and O–H groups in total. The Kier molecular flexibility index (Phi) is 6.63. The first-order valence-electron chi connectivity index (χ1n) is 8.28. The third-order valence-electron chi connectivity index (χ3n) is 3.95. The Balaban J connectivity index is 2.10. The molecule has 6 nitrogen and oxygen atoms in total. The molecule has 0 fully saturated rings. The third-order valence-corrected chi connectivity index (χ3v) is 5.19. The first-order chi connectivity index (χ1) is 12.3. The normalized spacial score (nSPS) is 12.3. The molecular formula is C19H24N2O4S. The van der Waals surface area contributed by atoms with Crippen LogP contribution in [0.1, 0.15) is 12.5 Å². The van der Waals surface area contributed by atoms with Gasteiger partial charge in [-0.25, -0.2) is 8.42 Å². The maximum atomic E-state index is 12.5. The molecule has 0 saturated carbocycles. The van der Waals surface area contributed by atoms with E-state index in [0.717, 1.165) is 16.1 Å². The fourth-order valence-electron chi connectivity index (χ4n) is 2.68. The zero-order chi connectivity index (χ0) is 19.2. The van der Waals surface area contributed by atoms with Gasteiger partial charge < -0.3 is 10.1 Å². The van der Waals surface area contributed by atoms with Crippen molar-refractivity contribution >= 4 is 21.6 Å². The number of nitrogens with one attached hydrogen (secondary N) is 1. The fraction of sp³-hybridized carbons (Fsp3) is 0.316. The largest absolute Gasteiger partial charge is 0.497 e. The van der Waals surface area contributed by atoms with Gasteiger partial charge in [0, 0.05) is 12.6 Å². The lowest BCUT2D eigenvalue weighted by Gasteiger charge is -2.28. The van der Waals surface area contributed by atoms with E-state index in [1.54, 1.807) is 31.2 Å². The van der Waals surface area contributed by atoms with Crippen LogP contribution in [-0.2, 0) is 21.2 Å². The number of carbonyl (C=O) groups is 1. The number of ether oxygens (including phenoxy) is 1. The van der Waals surface area contributed by atoms with Crippen LogP contribution < -0.4 is 14.4 Å². The molecule has 1 amide bonds. The summed E-state index contributed by atoms with van der Waals surface area (Å²) in [5.41, 5.74) is 1.49. The smallest absolute Gasteiger partial charge is 0.243 e. The Morgan fingerprint density at radius 1 is 1.15 bits per heavy atom. The second-order valence-corrected chi connectivity index (χ2v) is 7.82. The van der Waals surface area contributed by atoms with Gasteiger partial charge in [0.05, 0.1) is 19.1 Å². The predicted octanol–water partition coefficient (Wildman–Crippen LogP) is 2.21. The van der Waals surface area contributed by atoms with E-state index in [-0.39, 0.29) is 5.91 Å². The lowest BCUT2D eigenvalue weighted by Crippen LogP contribution is -2.48. The van der Waals surface area contributed by atoms with Crippen molar-refractivity contribution in [1.29, 1.82) is 0 Å². The molecule has 0 aliphatic rings. The van der Waals surface area contributed by atoms with E-state index >= 15 is 0 Å². The number of rotatable bonds is 8. The molecule has 0 radical (unpaired) electrons. The maximum absolute atomic E-state index is 12.5. The van der Waals surface area contributed by atoms with E-state index in [9.17, 15) is 13.2 Å². The van der Waals surface area contributed by atoms with Gasteiger partial charge >= 0.3 is 0 Å². The van der Waals surface area contributed by atoms with Crippen molar-refractivity contribution in [2.45, 2.75) is 19.4 Å². The number of anilines is 1. The number of benzene rings is 2. The number of carbonyl (C=O) groups excluding carboxylic acids is 1. The van der Waals surface area contributed by atoms with Crippen molar-refractivity contribution < 1.29 is 17.9 Å². The quantitative estimate of drug-likeness (QED) is 0.766. The number of sulfonamides is 1. The van der Waals surface area contributed by atoms with Gasteiger partial charge in [0.15, 0.2) is 0 Å². The Bertz CT molecular complexity index is 838. The van der Waals surface area contributed by atoms with Crippen LogP contribution in [0.4, 0.5) is 5.69 Å². The zero-order valence-corrected chi connectivity index (χ0v) is 16.0. The van der Waals surface area contributed by atoms with E-state index in [4.69, 9.17) is 4.74 Å². The molecular weight excluding hydrogens is 352 g/mol. The highest BCUT2D eigenvalue weighted by molar-refractivity contribution is 7.92. The summed E-state index contributed by atoms with van der Waals surface area (Å²) < 4.78 is 30.8. The molecule has 0 spiro atoms. The molecule has 7 heteroatoms. The number of amides is 1. The Morgan fingerprint density at radius 2 is 1.85 bits per heavy atom. The van der Waals surface area contributed by atoms with Crippen molar-refractivity contribution in [2.75, 3.05) is 24.2 Å². The molecule has 2 aromatic carbocycles. The summed E-state index contributed by atoms with van der Waals surface area (Å²) in [5.74, 6) is 0.169. The monoisotopic (exact) mass is 376 g/mol. The molecule has 0 saturated heterocycles. The van der Waals surface area contributed by atoms with Crippen LogP contribution in [0.2, 0.25) is 0 Å². The molecule has 0 unspecified atom stereocenters. The number of methoxy groups -OCH3 is 1. The summed E-state index contributed by atoms with van der Waals surface area (Å²) in [5, 5.41) is 2.81. The highest BCUT2D eigenvalue weighted by atomic mass is 32.2. The lowest BCUT2D eigenvalue weighted by molar-refractivity contribution is -0.121. The SMILES string of the molecule is COc1cccc(N([C@H](C)C(=O)NCCc2ccccc2)S(C)(=O)=O)c1. The molecule has 2 rings (SSSR count). The summed E-state index contributed by atoms with van der Waals surface area (Å²) in [6.45, 7) is 2.00. The van der Waals surface area contributed by atoms with Crippen LogP contribution in [-0.4, -0.2) is 40.3 Å². The van der Waals surface area contributed by atoms with E-state index < -0.39 is 16.1 Å². The summed E-state index contributed by atoms with van der Waals surface area (Å²) in [6, 6.07) is 15.5. The second-order valence-electron chi connectivity index (χ2n) is 5.96. The molecule has 0 aliphatic carbocycles. The van der Waals surface area contributed by atoms with Crippen LogP contribution in [0, 0.1) is 0 Å². The first-order valence-corrected chi connectivity index (χ1v) is 10.1. The van der Waals surface area contributed by atoms with Crippen LogP contribution in [0.25, 0.3) is 0 Å². The molecule has 1 atom stereocenters. The lowest BCUT2D eigenvalue weighted by atomic mass is 10.1. The van der Waals surface area contributed by atoms with Crippen LogP contribution in [0.15, 0.2) is 54.6 Å². The number of hydrogen-bond acceptors (Lipinski definition) is 4. The zero-order valence-electron chi connectivity index (χ0n) is 15.2. The minimum atomic E-state index is -3.65. The van der Waals surface area contributed by atoms with Crippen molar-refractivity contribution in [1.82, 2.24) is 5.32 Å². The van der Waals surface area contributed by atoms with Crippen LogP contribution in [0.5, 0.6) is 5.75 Å². The van der Waals surface area contributed by atoms with E-state index in [0.29, 0.717) is 24.4 Å². The average Bonchev–Trinajstić information content (AvgIpc) is 2.61. The third kappa shape index (κ3) is 5.23. The van der Waals surface area contributed by atoms with E-state index in [1.165, 1.54) is 7.11 Å². The molecule has 26 heavy (non-hydrogen) atoms. The summed E-state index contributed by atoms with van der Waals surface area (Å²) in [4.78, 5) is 12.5. The van der Waals surface area contributed by atoms with Gasteiger partial charge in [-0.2, -0.15) is 0 Å². The van der Waals surface area contributed by atoms with Gasteiger partial charge in [0.2, 0.25) is 15.9 Å². The van der Waals surface area contributed by atoms with Crippen molar-refractivity contribution in [2.24, 2.45) is 0 Å². The Hall–Kier alpha value is -2.54. The predicted molar refractivity (Wildman–Crippen MR) is 103 cm³/mol. The highest BCUT2D eigenvalue weighted by Gasteiger charge is 2.29. The van der Waals surface area contributed by atoms with E-state index in [2.05, 4.69) is 5.32 Å². The van der Waals surface area contributed by atoms with Gasteiger partial charge in [-0.3, -0.25) is 9.10 Å². The topological polar surface area (TPSA) is 75.7 Å². The number of nitrogens with zero attached hydrogens (tertiary/aromatic N) is 1. The maximum Gasteiger partial charge on any atom is 0.243 e. The first kappa shape index (κ1) is 19.8. The minimum absolute atomic E-state index is 0.353. The Morgan fingerprint density at radius 3 is 2.46 bits per heavy atom. The molecule has 0 heterocycles. The van der Waals surface area contributed by atoms with Gasteiger partial charge in [-0.05, 0) is 31.0 Å². The van der Waals surface area contributed by atoms with Crippen molar-refractivity contribution in [3.63, 3.8) is 0 Å². The summed E-state index contributed by atoms with van der Waals surface area (Å²) in [7, 11) is -2.14. The standard InChI is InChI=1S/C19H24N2O4S/c1-15(19(22)20-13-12-16-8-5-4-6-9-16)21(26(3,23)24)17-10-7-11-18(14-17)25-2/h4-11,14-15H,12-13H2,1-3H3,(H,20,22)/t15-/m1/s1. The van der Waals surface area contributed by atoms with Gasteiger partial charge in [0.1, 0.15) is 11.8 Å². The summed E-state index contributed by atoms with van der Waals surface area (Å²) in [6.07, 6.45) is 1.76. The van der Waals surface area contributed by atoms with Crippen molar-refractivity contribution in [3.05, 3.63) is 60.2 Å². The second kappa shape index (κ2) is 8.71. The average molecular weight is 376 g/mol. The minimum Gasteiger partial charge on any atom is -0.497 e. The van der Waals surface area contributed by atoms with Gasteiger partial charge in [-0.15, -0.1) is 0 Å². The van der Waals surface area contributed by atoms with Crippen LogP contribution >= 0.6 is 0 Å². The summed E-state index contributed by atoms with van der Waals surface area (Å²) >= 11 is 0. The molecule has 2 aromatic rings. The molecule has 140 valence electrons. The van der Waals surface area contributed by atoms with Gasteiger partial charge in [0.25, 0.3) is 0 Å². The van der Waals surface area contributed by atoms with Crippen molar-refractivity contribution in [3.8, 4) is 5.75 Å². The highest BCUT2D eigenvalue weighted by Crippen LogP contribution is 2.25. The van der Waals surface area contributed by atoms with Gasteiger partial charge in [-0.1, -0.05) is 36.4 Å².